The highest BCUT2D eigenvalue weighted by Crippen LogP contribution is 2.43. The van der Waals surface area contributed by atoms with Gasteiger partial charge in [-0.25, -0.2) is 8.42 Å². The highest BCUT2D eigenvalue weighted by Gasteiger charge is 2.40. The van der Waals surface area contributed by atoms with Crippen molar-refractivity contribution in [1.82, 2.24) is 4.90 Å². The molecule has 0 radical (unpaired) electrons. The first-order valence-corrected chi connectivity index (χ1v) is 14.6. The van der Waals surface area contributed by atoms with Crippen molar-refractivity contribution in [1.29, 1.82) is 0 Å². The molecule has 3 N–H and O–H groups in total. The van der Waals surface area contributed by atoms with Gasteiger partial charge in [-0.1, -0.05) is 19.9 Å². The number of carbonyl (C=O) groups is 2. The van der Waals surface area contributed by atoms with Crippen molar-refractivity contribution >= 4 is 27.3 Å². The minimum Gasteiger partial charge on any atom is -0.380 e. The average molecular weight is 512 g/mol. The zero-order valence-corrected chi connectivity index (χ0v) is 22.4. The van der Waals surface area contributed by atoms with Crippen LogP contribution < -0.4 is 11.1 Å². The van der Waals surface area contributed by atoms with Gasteiger partial charge in [0.15, 0.2) is 9.84 Å². The molecular weight excluding hydrogens is 474 g/mol. The number of hydrogen-bond donors (Lipinski definition) is 2. The second-order valence-electron chi connectivity index (χ2n) is 11.0. The standard InChI is InChI=1S/C28H37N3O4S/c1-18(2)25(24-12-5-19-17-20(26(29)32)6-11-23(19)24)27(33)31-15-13-28(3,14-16-31)30-21-7-9-22(10-8-21)36(4,34)35/h6-11,17-18,24-25,30H,5,12-16H2,1-4H3,(H2,29,32)/t24?,25-/m1/s1. The summed E-state index contributed by atoms with van der Waals surface area (Å²) in [5, 5.41) is 3.56. The first-order chi connectivity index (χ1) is 16.9. The Kier molecular flexibility index (Phi) is 7.19. The number of aryl methyl sites for hydroxylation is 1. The molecular formula is C28H37N3O4S. The SMILES string of the molecule is CC(C)[C@@H](C(=O)N1CCC(C)(Nc2ccc(S(C)(=O)=O)cc2)CC1)C1CCc2cc(C(N)=O)ccc21. The van der Waals surface area contributed by atoms with E-state index in [1.165, 1.54) is 11.8 Å². The van der Waals surface area contributed by atoms with E-state index in [0.717, 1.165) is 36.9 Å². The van der Waals surface area contributed by atoms with Crippen molar-refractivity contribution in [2.45, 2.75) is 62.8 Å². The Morgan fingerprint density at radius 1 is 1.08 bits per heavy atom. The van der Waals surface area contributed by atoms with Crippen LogP contribution in [0.25, 0.3) is 0 Å². The first kappa shape index (κ1) is 26.2. The molecule has 194 valence electrons. The number of hydrogen-bond acceptors (Lipinski definition) is 5. The Bertz CT molecular complexity index is 1250. The lowest BCUT2D eigenvalue weighted by Gasteiger charge is -2.42. The van der Waals surface area contributed by atoms with E-state index in [1.54, 1.807) is 30.3 Å². The number of nitrogens with two attached hydrogens (primary N) is 1. The number of anilines is 1. The Morgan fingerprint density at radius 2 is 1.72 bits per heavy atom. The highest BCUT2D eigenvalue weighted by atomic mass is 32.2. The number of rotatable bonds is 7. The quantitative estimate of drug-likeness (QED) is 0.584. The van der Waals surface area contributed by atoms with Crippen molar-refractivity contribution in [3.8, 4) is 0 Å². The zero-order chi connectivity index (χ0) is 26.3. The van der Waals surface area contributed by atoms with Crippen LogP contribution in [-0.4, -0.2) is 50.0 Å². The summed E-state index contributed by atoms with van der Waals surface area (Å²) in [6, 6.07) is 12.5. The molecule has 0 saturated carbocycles. The molecule has 7 nitrogen and oxygen atoms in total. The molecule has 1 aliphatic heterocycles. The van der Waals surface area contributed by atoms with Gasteiger partial charge in [-0.15, -0.1) is 0 Å². The topological polar surface area (TPSA) is 110 Å². The summed E-state index contributed by atoms with van der Waals surface area (Å²) in [6.45, 7) is 7.74. The molecule has 2 aliphatic rings. The molecule has 2 atom stereocenters. The number of benzene rings is 2. The van der Waals surface area contributed by atoms with Gasteiger partial charge in [-0.05, 0) is 92.0 Å². The molecule has 1 aliphatic carbocycles. The van der Waals surface area contributed by atoms with Crippen molar-refractivity contribution in [2.24, 2.45) is 17.6 Å². The predicted octanol–water partition coefficient (Wildman–Crippen LogP) is 3.98. The molecule has 8 heteroatoms. The van der Waals surface area contributed by atoms with Crippen molar-refractivity contribution in [2.75, 3.05) is 24.7 Å². The number of nitrogens with zero attached hydrogens (tertiary/aromatic N) is 1. The number of primary amides is 1. The molecule has 4 rings (SSSR count). The van der Waals surface area contributed by atoms with Crippen LogP contribution in [0.5, 0.6) is 0 Å². The van der Waals surface area contributed by atoms with Crippen LogP contribution in [0.3, 0.4) is 0 Å². The number of piperidine rings is 1. The number of carbonyl (C=O) groups excluding carboxylic acids is 2. The Morgan fingerprint density at radius 3 is 2.28 bits per heavy atom. The van der Waals surface area contributed by atoms with Gasteiger partial charge in [0.25, 0.3) is 0 Å². The van der Waals surface area contributed by atoms with Gasteiger partial charge in [0.1, 0.15) is 0 Å². The summed E-state index contributed by atoms with van der Waals surface area (Å²) < 4.78 is 23.5. The van der Waals surface area contributed by atoms with Crippen LogP contribution in [-0.2, 0) is 21.1 Å². The van der Waals surface area contributed by atoms with Crippen LogP contribution in [0.1, 0.15) is 67.4 Å². The Hall–Kier alpha value is -2.87. The molecule has 36 heavy (non-hydrogen) atoms. The fourth-order valence-electron chi connectivity index (χ4n) is 5.79. The van der Waals surface area contributed by atoms with Crippen molar-refractivity contribution in [3.05, 3.63) is 59.2 Å². The van der Waals surface area contributed by atoms with Crippen LogP contribution in [0.4, 0.5) is 5.69 Å². The number of likely N-dealkylation sites (tertiary alicyclic amines) is 1. The van der Waals surface area contributed by atoms with Crippen LogP contribution in [0.15, 0.2) is 47.4 Å². The number of nitrogens with one attached hydrogen (secondary N) is 1. The van der Waals surface area contributed by atoms with Gasteiger partial charge in [0, 0.05) is 42.1 Å². The predicted molar refractivity (Wildman–Crippen MR) is 142 cm³/mol. The Balaban J connectivity index is 1.43. The minimum absolute atomic E-state index is 0.105. The molecule has 2 amide bonds. The van der Waals surface area contributed by atoms with E-state index < -0.39 is 15.7 Å². The maximum Gasteiger partial charge on any atom is 0.248 e. The second kappa shape index (κ2) is 9.88. The number of amides is 2. The van der Waals surface area contributed by atoms with E-state index in [4.69, 9.17) is 5.73 Å². The largest absolute Gasteiger partial charge is 0.380 e. The second-order valence-corrected chi connectivity index (χ2v) is 13.0. The lowest BCUT2D eigenvalue weighted by molar-refractivity contribution is -0.139. The molecule has 1 heterocycles. The molecule has 1 unspecified atom stereocenters. The summed E-state index contributed by atoms with van der Waals surface area (Å²) in [6.07, 6.45) is 4.58. The fraction of sp³-hybridized carbons (Fsp3) is 0.500. The maximum atomic E-state index is 13.8. The van der Waals surface area contributed by atoms with Gasteiger partial charge in [-0.3, -0.25) is 9.59 Å². The van der Waals surface area contributed by atoms with Gasteiger partial charge < -0.3 is 16.0 Å². The molecule has 2 aromatic carbocycles. The summed E-state index contributed by atoms with van der Waals surface area (Å²) >= 11 is 0. The average Bonchev–Trinajstić information content (AvgIpc) is 3.21. The summed E-state index contributed by atoms with van der Waals surface area (Å²) in [7, 11) is -3.22. The fourth-order valence-corrected chi connectivity index (χ4v) is 6.42. The minimum atomic E-state index is -3.22. The molecule has 0 spiro atoms. The molecule has 2 aromatic rings. The zero-order valence-electron chi connectivity index (χ0n) is 21.6. The summed E-state index contributed by atoms with van der Waals surface area (Å²) in [5.41, 5.74) is 8.99. The Labute approximate surface area is 214 Å². The van der Waals surface area contributed by atoms with Crippen molar-refractivity contribution < 1.29 is 18.0 Å². The molecule has 1 fully saturated rings. The van der Waals surface area contributed by atoms with Crippen LogP contribution in [0, 0.1) is 11.8 Å². The third-order valence-corrected chi connectivity index (χ3v) is 9.02. The first-order valence-electron chi connectivity index (χ1n) is 12.7. The summed E-state index contributed by atoms with van der Waals surface area (Å²) in [5.74, 6) is 0.0280. The van der Waals surface area contributed by atoms with E-state index in [9.17, 15) is 18.0 Å². The van der Waals surface area contributed by atoms with E-state index in [-0.39, 0.29) is 29.2 Å². The van der Waals surface area contributed by atoms with Crippen LogP contribution >= 0.6 is 0 Å². The lowest BCUT2D eigenvalue weighted by atomic mass is 9.78. The molecule has 0 aromatic heterocycles. The molecule has 1 saturated heterocycles. The van der Waals surface area contributed by atoms with Gasteiger partial charge in [0.05, 0.1) is 4.90 Å². The van der Waals surface area contributed by atoms with Crippen LogP contribution in [0.2, 0.25) is 0 Å². The normalized spacial score (nSPS) is 20.1. The third kappa shape index (κ3) is 5.43. The highest BCUT2D eigenvalue weighted by molar-refractivity contribution is 7.90. The van der Waals surface area contributed by atoms with E-state index in [1.807, 2.05) is 17.0 Å². The van der Waals surface area contributed by atoms with E-state index in [2.05, 4.69) is 26.1 Å². The van der Waals surface area contributed by atoms with E-state index >= 15 is 0 Å². The lowest BCUT2D eigenvalue weighted by Crippen LogP contribution is -2.51. The number of fused-ring (bicyclic) bond motifs is 1. The van der Waals surface area contributed by atoms with Gasteiger partial charge in [-0.2, -0.15) is 0 Å². The maximum absolute atomic E-state index is 13.8. The number of sulfone groups is 1. The monoisotopic (exact) mass is 511 g/mol. The van der Waals surface area contributed by atoms with Gasteiger partial charge in [0.2, 0.25) is 11.8 Å². The van der Waals surface area contributed by atoms with Crippen molar-refractivity contribution in [3.63, 3.8) is 0 Å². The van der Waals surface area contributed by atoms with E-state index in [0.29, 0.717) is 23.5 Å². The molecule has 0 bridgehead atoms. The smallest absolute Gasteiger partial charge is 0.248 e. The third-order valence-electron chi connectivity index (χ3n) is 7.90. The van der Waals surface area contributed by atoms with Gasteiger partial charge >= 0.3 is 0 Å². The summed E-state index contributed by atoms with van der Waals surface area (Å²) in [4.78, 5) is 27.7.